The molecule has 1 aliphatic rings. The number of rotatable bonds is 3. The van der Waals surface area contributed by atoms with Crippen LogP contribution in [0.5, 0.6) is 0 Å². The number of piperidine rings is 1. The molecule has 1 aromatic rings. The maximum atomic E-state index is 13.7. The van der Waals surface area contributed by atoms with Crippen LogP contribution in [0.1, 0.15) is 24.8 Å². The molecular weight excluding hydrogens is 304 g/mol. The molecule has 0 spiro atoms. The molecule has 1 unspecified atom stereocenters. The normalized spacial score (nSPS) is 19.8. The molecule has 0 radical (unpaired) electrons. The Labute approximate surface area is 113 Å². The summed E-state index contributed by atoms with van der Waals surface area (Å²) in [6.07, 6.45) is 2.57. The molecule has 2 rings (SSSR count). The number of benzene rings is 1. The van der Waals surface area contributed by atoms with Gasteiger partial charge in [-0.15, -0.1) is 0 Å². The van der Waals surface area contributed by atoms with Gasteiger partial charge in [-0.1, -0.05) is 6.42 Å². The topological polar surface area (TPSA) is 29.1 Å². The SMILES string of the molecule is O=C(Cc1c(F)ccc(Br)c1F)C1CCCCN1. The van der Waals surface area contributed by atoms with Crippen LogP contribution in [0.2, 0.25) is 0 Å². The molecule has 1 aromatic carbocycles. The van der Waals surface area contributed by atoms with E-state index in [9.17, 15) is 13.6 Å². The van der Waals surface area contributed by atoms with Gasteiger partial charge in [0.2, 0.25) is 0 Å². The highest BCUT2D eigenvalue weighted by Crippen LogP contribution is 2.23. The van der Waals surface area contributed by atoms with E-state index in [4.69, 9.17) is 0 Å². The van der Waals surface area contributed by atoms with Gasteiger partial charge in [0.05, 0.1) is 10.5 Å². The Hall–Kier alpha value is -0.810. The molecule has 98 valence electrons. The van der Waals surface area contributed by atoms with Crippen molar-refractivity contribution in [3.05, 3.63) is 33.8 Å². The minimum absolute atomic E-state index is 0.148. The van der Waals surface area contributed by atoms with Gasteiger partial charge in [0, 0.05) is 12.0 Å². The Morgan fingerprint density at radius 3 is 2.83 bits per heavy atom. The number of carbonyl (C=O) groups excluding carboxylic acids is 1. The quantitative estimate of drug-likeness (QED) is 0.868. The maximum Gasteiger partial charge on any atom is 0.154 e. The summed E-state index contributed by atoms with van der Waals surface area (Å²) in [5, 5.41) is 3.09. The summed E-state index contributed by atoms with van der Waals surface area (Å²) < 4.78 is 27.4. The first-order valence-electron chi connectivity index (χ1n) is 5.98. The summed E-state index contributed by atoms with van der Waals surface area (Å²) in [6, 6.07) is 2.21. The molecule has 1 N–H and O–H groups in total. The average Bonchev–Trinajstić information content (AvgIpc) is 2.40. The molecule has 0 amide bonds. The third-order valence-electron chi connectivity index (χ3n) is 3.19. The van der Waals surface area contributed by atoms with Gasteiger partial charge in [-0.05, 0) is 47.4 Å². The average molecular weight is 318 g/mol. The Morgan fingerprint density at radius 2 is 2.17 bits per heavy atom. The van der Waals surface area contributed by atoms with Crippen molar-refractivity contribution in [1.29, 1.82) is 0 Å². The fourth-order valence-corrected chi connectivity index (χ4v) is 2.53. The fraction of sp³-hybridized carbons (Fsp3) is 0.462. The predicted molar refractivity (Wildman–Crippen MR) is 68.4 cm³/mol. The van der Waals surface area contributed by atoms with Crippen LogP contribution in [-0.2, 0) is 11.2 Å². The monoisotopic (exact) mass is 317 g/mol. The van der Waals surface area contributed by atoms with Gasteiger partial charge < -0.3 is 5.32 Å². The van der Waals surface area contributed by atoms with E-state index in [1.165, 1.54) is 12.1 Å². The summed E-state index contributed by atoms with van der Waals surface area (Å²) >= 11 is 3.00. The summed E-state index contributed by atoms with van der Waals surface area (Å²) in [7, 11) is 0. The van der Waals surface area contributed by atoms with Crippen LogP contribution in [0.3, 0.4) is 0 Å². The van der Waals surface area contributed by atoms with Crippen LogP contribution in [0.25, 0.3) is 0 Å². The maximum absolute atomic E-state index is 13.7. The van der Waals surface area contributed by atoms with Gasteiger partial charge in [0.1, 0.15) is 11.6 Å². The van der Waals surface area contributed by atoms with Gasteiger partial charge in [0.25, 0.3) is 0 Å². The lowest BCUT2D eigenvalue weighted by Gasteiger charge is -2.22. The highest BCUT2D eigenvalue weighted by Gasteiger charge is 2.23. The lowest BCUT2D eigenvalue weighted by atomic mass is 9.96. The molecule has 5 heteroatoms. The number of ketones is 1. The highest BCUT2D eigenvalue weighted by atomic mass is 79.9. The van der Waals surface area contributed by atoms with E-state index in [1.807, 2.05) is 0 Å². The molecule has 2 nitrogen and oxygen atoms in total. The van der Waals surface area contributed by atoms with E-state index in [1.54, 1.807) is 0 Å². The molecule has 1 saturated heterocycles. The minimum atomic E-state index is -0.681. The highest BCUT2D eigenvalue weighted by molar-refractivity contribution is 9.10. The first kappa shape index (κ1) is 13.6. The van der Waals surface area contributed by atoms with Crippen molar-refractivity contribution in [2.75, 3.05) is 6.54 Å². The van der Waals surface area contributed by atoms with Crippen molar-refractivity contribution in [1.82, 2.24) is 5.32 Å². The summed E-state index contributed by atoms with van der Waals surface area (Å²) in [6.45, 7) is 0.792. The number of hydrogen-bond donors (Lipinski definition) is 1. The first-order valence-corrected chi connectivity index (χ1v) is 6.77. The Bertz CT molecular complexity index is 459. The van der Waals surface area contributed by atoms with Crippen molar-refractivity contribution in [3.63, 3.8) is 0 Å². The summed E-state index contributed by atoms with van der Waals surface area (Å²) in [5.41, 5.74) is -0.151. The van der Waals surface area contributed by atoms with Crippen LogP contribution in [0.4, 0.5) is 8.78 Å². The Kier molecular flexibility index (Phi) is 4.45. The molecule has 18 heavy (non-hydrogen) atoms. The molecular formula is C13H14BrF2NO. The van der Waals surface area contributed by atoms with Crippen molar-refractivity contribution in [3.8, 4) is 0 Å². The standard InChI is InChI=1S/C13H14BrF2NO/c14-9-4-5-10(15)8(13(9)16)7-12(18)11-3-1-2-6-17-11/h4-5,11,17H,1-3,6-7H2. The van der Waals surface area contributed by atoms with Crippen molar-refractivity contribution in [2.45, 2.75) is 31.7 Å². The van der Waals surface area contributed by atoms with Gasteiger partial charge in [-0.3, -0.25) is 4.79 Å². The first-order chi connectivity index (χ1) is 8.59. The number of carbonyl (C=O) groups is 1. The second kappa shape index (κ2) is 5.89. The summed E-state index contributed by atoms with van der Waals surface area (Å²) in [5.74, 6) is -1.50. The van der Waals surface area contributed by atoms with Crippen molar-refractivity contribution >= 4 is 21.7 Å². The van der Waals surface area contributed by atoms with E-state index in [0.29, 0.717) is 0 Å². The zero-order valence-corrected chi connectivity index (χ0v) is 11.4. The van der Waals surface area contributed by atoms with Crippen LogP contribution in [0, 0.1) is 11.6 Å². The number of halogens is 3. The van der Waals surface area contributed by atoms with Crippen molar-refractivity contribution < 1.29 is 13.6 Å². The van der Waals surface area contributed by atoms with E-state index < -0.39 is 11.6 Å². The molecule has 1 atom stereocenters. The minimum Gasteiger partial charge on any atom is -0.307 e. The predicted octanol–water partition coefficient (Wildman–Crippen LogP) is 2.98. The summed E-state index contributed by atoms with van der Waals surface area (Å²) in [4.78, 5) is 12.0. The second-order valence-corrected chi connectivity index (χ2v) is 5.32. The Morgan fingerprint density at radius 1 is 1.39 bits per heavy atom. The Balaban J connectivity index is 2.13. The van der Waals surface area contributed by atoms with Crippen molar-refractivity contribution in [2.24, 2.45) is 0 Å². The lowest BCUT2D eigenvalue weighted by molar-refractivity contribution is -0.121. The number of hydrogen-bond acceptors (Lipinski definition) is 2. The third-order valence-corrected chi connectivity index (χ3v) is 3.80. The van der Waals surface area contributed by atoms with E-state index in [0.717, 1.165) is 25.8 Å². The van der Waals surface area contributed by atoms with E-state index in [-0.39, 0.29) is 28.3 Å². The zero-order valence-electron chi connectivity index (χ0n) is 9.81. The van der Waals surface area contributed by atoms with E-state index in [2.05, 4.69) is 21.2 Å². The van der Waals surface area contributed by atoms with Crippen LogP contribution < -0.4 is 5.32 Å². The van der Waals surface area contributed by atoms with Crippen LogP contribution in [0.15, 0.2) is 16.6 Å². The van der Waals surface area contributed by atoms with Gasteiger partial charge >= 0.3 is 0 Å². The van der Waals surface area contributed by atoms with Crippen LogP contribution >= 0.6 is 15.9 Å². The third kappa shape index (κ3) is 2.95. The molecule has 1 heterocycles. The van der Waals surface area contributed by atoms with Crippen LogP contribution in [-0.4, -0.2) is 18.4 Å². The lowest BCUT2D eigenvalue weighted by Crippen LogP contribution is -2.41. The smallest absolute Gasteiger partial charge is 0.154 e. The van der Waals surface area contributed by atoms with Gasteiger partial charge in [-0.2, -0.15) is 0 Å². The van der Waals surface area contributed by atoms with E-state index >= 15 is 0 Å². The zero-order chi connectivity index (χ0) is 13.1. The largest absolute Gasteiger partial charge is 0.307 e. The number of Topliss-reactive ketones (excluding diaryl/α,β-unsaturated/α-hetero) is 1. The molecule has 0 bridgehead atoms. The molecule has 0 aliphatic carbocycles. The molecule has 1 aliphatic heterocycles. The molecule has 0 saturated carbocycles. The molecule has 1 fully saturated rings. The van der Waals surface area contributed by atoms with Gasteiger partial charge in [-0.25, -0.2) is 8.78 Å². The molecule has 0 aromatic heterocycles. The second-order valence-electron chi connectivity index (χ2n) is 4.47. The fourth-order valence-electron chi connectivity index (χ4n) is 2.16. The number of nitrogens with one attached hydrogen (secondary N) is 1. The van der Waals surface area contributed by atoms with Gasteiger partial charge in [0.15, 0.2) is 5.78 Å².